The van der Waals surface area contributed by atoms with E-state index in [0.29, 0.717) is 5.89 Å². The van der Waals surface area contributed by atoms with Crippen LogP contribution in [-0.2, 0) is 5.75 Å². The summed E-state index contributed by atoms with van der Waals surface area (Å²) in [5, 5.41) is 9.06. The normalized spacial score (nSPS) is 10.7. The van der Waals surface area contributed by atoms with Gasteiger partial charge in [0.25, 0.3) is 0 Å². The molecule has 2 aromatic rings. The Bertz CT molecular complexity index is 466. The first kappa shape index (κ1) is 11.4. The smallest absolute Gasteiger partial charge is 0.208 e. The average Bonchev–Trinajstić information content (AvgIpc) is 2.83. The lowest BCUT2D eigenvalue weighted by molar-refractivity contribution is 0.491. The van der Waals surface area contributed by atoms with Crippen molar-refractivity contribution in [3.8, 4) is 0 Å². The second-order valence-corrected chi connectivity index (χ2v) is 5.56. The predicted molar refractivity (Wildman–Crippen MR) is 65.0 cm³/mol. The van der Waals surface area contributed by atoms with Crippen LogP contribution in [0.2, 0.25) is 0 Å². The molecule has 0 saturated carbocycles. The number of aryl methyl sites for hydroxylation is 1. The van der Waals surface area contributed by atoms with E-state index in [1.165, 1.54) is 0 Å². The maximum absolute atomic E-state index is 5.37. The summed E-state index contributed by atoms with van der Waals surface area (Å²) in [6.07, 6.45) is 1.75. The summed E-state index contributed by atoms with van der Waals surface area (Å²) in [7, 11) is 3.91. The molecule has 16 heavy (non-hydrogen) atoms. The van der Waals surface area contributed by atoms with Crippen LogP contribution in [0, 0.1) is 6.92 Å². The Morgan fingerprint density at radius 2 is 2.25 bits per heavy atom. The lowest BCUT2D eigenvalue weighted by Crippen LogP contribution is -2.07. The monoisotopic (exact) mass is 256 g/mol. The molecule has 0 spiro atoms. The topological polar surface area (TPSA) is 55.1 Å². The average molecular weight is 256 g/mol. The summed E-state index contributed by atoms with van der Waals surface area (Å²) in [6, 6.07) is 0. The minimum atomic E-state index is 0.696. The molecule has 0 aliphatic rings. The predicted octanol–water partition coefficient (Wildman–Crippen LogP) is 2.19. The highest BCUT2D eigenvalue weighted by Crippen LogP contribution is 2.29. The van der Waals surface area contributed by atoms with Gasteiger partial charge in [-0.15, -0.1) is 10.2 Å². The van der Waals surface area contributed by atoms with Crippen molar-refractivity contribution >= 4 is 28.2 Å². The molecular formula is C9H12N4OS2. The number of anilines is 1. The first-order chi connectivity index (χ1) is 7.65. The number of hydrogen-bond acceptors (Lipinski definition) is 7. The zero-order valence-corrected chi connectivity index (χ0v) is 10.9. The summed E-state index contributed by atoms with van der Waals surface area (Å²) < 4.78 is 6.32. The van der Waals surface area contributed by atoms with E-state index in [1.54, 1.807) is 29.3 Å². The van der Waals surface area contributed by atoms with Crippen molar-refractivity contribution in [3.05, 3.63) is 17.8 Å². The van der Waals surface area contributed by atoms with Gasteiger partial charge in [0.15, 0.2) is 10.2 Å². The van der Waals surface area contributed by atoms with E-state index < -0.39 is 0 Å². The highest BCUT2D eigenvalue weighted by atomic mass is 32.2. The van der Waals surface area contributed by atoms with Gasteiger partial charge in [-0.25, -0.2) is 4.98 Å². The van der Waals surface area contributed by atoms with Crippen LogP contribution in [0.25, 0.3) is 0 Å². The van der Waals surface area contributed by atoms with Crippen LogP contribution in [0.1, 0.15) is 11.7 Å². The van der Waals surface area contributed by atoms with Gasteiger partial charge in [0.1, 0.15) is 5.76 Å². The van der Waals surface area contributed by atoms with Crippen LogP contribution < -0.4 is 4.90 Å². The molecule has 2 heterocycles. The Kier molecular flexibility index (Phi) is 3.45. The van der Waals surface area contributed by atoms with Gasteiger partial charge in [0.2, 0.25) is 5.13 Å². The van der Waals surface area contributed by atoms with Gasteiger partial charge < -0.3 is 9.32 Å². The third-order valence-electron chi connectivity index (χ3n) is 1.79. The molecule has 86 valence electrons. The van der Waals surface area contributed by atoms with Crippen molar-refractivity contribution < 1.29 is 4.42 Å². The quantitative estimate of drug-likeness (QED) is 0.782. The number of oxazole rings is 1. The summed E-state index contributed by atoms with van der Waals surface area (Å²) in [5.74, 6) is 2.30. The Labute approximate surface area is 102 Å². The molecule has 0 aliphatic heterocycles. The van der Waals surface area contributed by atoms with E-state index in [0.717, 1.165) is 21.0 Å². The molecule has 5 nitrogen and oxygen atoms in total. The van der Waals surface area contributed by atoms with Crippen molar-refractivity contribution in [2.45, 2.75) is 17.0 Å². The number of nitrogens with zero attached hydrogens (tertiary/aromatic N) is 4. The number of hydrogen-bond donors (Lipinski definition) is 0. The molecule has 2 aromatic heterocycles. The Balaban J connectivity index is 1.94. The largest absolute Gasteiger partial charge is 0.445 e. The van der Waals surface area contributed by atoms with Gasteiger partial charge >= 0.3 is 0 Å². The van der Waals surface area contributed by atoms with E-state index in [-0.39, 0.29) is 0 Å². The van der Waals surface area contributed by atoms with E-state index >= 15 is 0 Å². The van der Waals surface area contributed by atoms with Crippen LogP contribution in [-0.4, -0.2) is 29.3 Å². The fourth-order valence-corrected chi connectivity index (χ4v) is 2.68. The van der Waals surface area contributed by atoms with Gasteiger partial charge in [0.05, 0.1) is 11.9 Å². The maximum Gasteiger partial charge on any atom is 0.208 e. The second-order valence-electron chi connectivity index (χ2n) is 3.38. The summed E-state index contributed by atoms with van der Waals surface area (Å²) >= 11 is 3.18. The highest BCUT2D eigenvalue weighted by molar-refractivity contribution is 8.00. The second kappa shape index (κ2) is 4.84. The first-order valence-electron chi connectivity index (χ1n) is 4.70. The van der Waals surface area contributed by atoms with Gasteiger partial charge in [-0.3, -0.25) is 0 Å². The van der Waals surface area contributed by atoms with Gasteiger partial charge in [-0.1, -0.05) is 23.1 Å². The molecule has 0 N–H and O–H groups in total. The van der Waals surface area contributed by atoms with Crippen LogP contribution in [0.4, 0.5) is 5.13 Å². The Morgan fingerprint density at radius 1 is 1.44 bits per heavy atom. The lowest BCUT2D eigenvalue weighted by atomic mass is 10.6. The number of aromatic nitrogens is 3. The van der Waals surface area contributed by atoms with Crippen molar-refractivity contribution in [2.24, 2.45) is 0 Å². The maximum atomic E-state index is 5.37. The van der Waals surface area contributed by atoms with Gasteiger partial charge in [-0.05, 0) is 0 Å². The summed E-state index contributed by atoms with van der Waals surface area (Å²) in [4.78, 5) is 5.99. The van der Waals surface area contributed by atoms with Crippen molar-refractivity contribution in [2.75, 3.05) is 19.0 Å². The molecule has 0 bridgehead atoms. The Morgan fingerprint density at radius 3 is 2.81 bits per heavy atom. The van der Waals surface area contributed by atoms with E-state index in [4.69, 9.17) is 4.42 Å². The molecular weight excluding hydrogens is 244 g/mol. The molecule has 0 amide bonds. The minimum Gasteiger partial charge on any atom is -0.445 e. The van der Waals surface area contributed by atoms with Gasteiger partial charge in [-0.2, -0.15) is 0 Å². The molecule has 0 radical (unpaired) electrons. The van der Waals surface area contributed by atoms with Gasteiger partial charge in [0, 0.05) is 21.0 Å². The minimum absolute atomic E-state index is 0.696. The SMILES string of the molecule is Cc1ncc(CSc2nnc(N(C)C)s2)o1. The fraction of sp³-hybridized carbons (Fsp3) is 0.444. The molecule has 0 atom stereocenters. The fourth-order valence-electron chi connectivity index (χ4n) is 1.05. The molecule has 0 unspecified atom stereocenters. The summed E-state index contributed by atoms with van der Waals surface area (Å²) in [6.45, 7) is 1.84. The standard InChI is InChI=1S/C9H12N4OS2/c1-6-10-4-7(14-6)5-15-9-12-11-8(16-9)13(2)3/h4H,5H2,1-3H3. The van der Waals surface area contributed by atoms with Crippen LogP contribution in [0.15, 0.2) is 15.0 Å². The first-order valence-corrected chi connectivity index (χ1v) is 6.50. The van der Waals surface area contributed by atoms with Crippen molar-refractivity contribution in [3.63, 3.8) is 0 Å². The number of rotatable bonds is 4. The van der Waals surface area contributed by atoms with E-state index in [9.17, 15) is 0 Å². The molecule has 2 rings (SSSR count). The Hall–Kier alpha value is -1.08. The van der Waals surface area contributed by atoms with Crippen LogP contribution in [0.3, 0.4) is 0 Å². The highest BCUT2D eigenvalue weighted by Gasteiger charge is 2.08. The van der Waals surface area contributed by atoms with E-state index in [2.05, 4.69) is 15.2 Å². The van der Waals surface area contributed by atoms with Crippen LogP contribution >= 0.6 is 23.1 Å². The van der Waals surface area contributed by atoms with Crippen molar-refractivity contribution in [1.82, 2.24) is 15.2 Å². The zero-order valence-electron chi connectivity index (χ0n) is 9.30. The molecule has 0 aliphatic carbocycles. The zero-order chi connectivity index (χ0) is 11.5. The lowest BCUT2D eigenvalue weighted by Gasteiger charge is -2.03. The molecule has 0 saturated heterocycles. The van der Waals surface area contributed by atoms with Crippen molar-refractivity contribution in [1.29, 1.82) is 0 Å². The third-order valence-corrected chi connectivity index (χ3v) is 4.03. The summed E-state index contributed by atoms with van der Waals surface area (Å²) in [5.41, 5.74) is 0. The van der Waals surface area contributed by atoms with E-state index in [1.807, 2.05) is 25.9 Å². The number of thioether (sulfide) groups is 1. The third kappa shape index (κ3) is 2.73. The molecule has 0 fully saturated rings. The molecule has 0 aromatic carbocycles. The molecule has 7 heteroatoms. The van der Waals surface area contributed by atoms with Crippen LogP contribution in [0.5, 0.6) is 0 Å².